The molecule has 0 saturated heterocycles. The second-order valence-corrected chi connectivity index (χ2v) is 13.6. The van der Waals surface area contributed by atoms with Crippen LogP contribution in [0.1, 0.15) is 220 Å². The van der Waals surface area contributed by atoms with E-state index >= 15 is 0 Å². The van der Waals surface area contributed by atoms with Gasteiger partial charge in [0.2, 0.25) is 0 Å². The SMILES string of the molecule is CCCCCCCCCCCCCCCCCCC1=NCCN1C(C)OCCCCCCCCCCCCCCCC. The van der Waals surface area contributed by atoms with Gasteiger partial charge in [-0.2, -0.15) is 0 Å². The molecule has 0 radical (unpaired) electrons. The number of aliphatic imine (C=N–C) groups is 1. The molecule has 0 spiro atoms. The third kappa shape index (κ3) is 24.8. The Labute approximate surface area is 265 Å². The maximum absolute atomic E-state index is 6.24. The van der Waals surface area contributed by atoms with E-state index in [1.54, 1.807) is 0 Å². The molecule has 0 fully saturated rings. The Kier molecular flexibility index (Phi) is 29.9. The van der Waals surface area contributed by atoms with Gasteiger partial charge in [-0.1, -0.05) is 194 Å². The number of ether oxygens (including phenoxy) is 1. The van der Waals surface area contributed by atoms with Gasteiger partial charge in [-0.3, -0.25) is 4.99 Å². The molecular weight excluding hydrogens is 512 g/mol. The predicted octanol–water partition coefficient (Wildman–Crippen LogP) is 13.2. The first-order valence-electron chi connectivity index (χ1n) is 19.7. The third-order valence-corrected chi connectivity index (χ3v) is 9.52. The highest BCUT2D eigenvalue weighted by Gasteiger charge is 2.22. The molecule has 0 aromatic heterocycles. The molecule has 0 bridgehead atoms. The summed E-state index contributed by atoms with van der Waals surface area (Å²) in [5.41, 5.74) is 0. The molecule has 0 aromatic rings. The van der Waals surface area contributed by atoms with Crippen molar-refractivity contribution in [2.75, 3.05) is 19.7 Å². The number of unbranched alkanes of at least 4 members (excludes halogenated alkanes) is 28. The smallest absolute Gasteiger partial charge is 0.128 e. The maximum atomic E-state index is 6.24. The van der Waals surface area contributed by atoms with Crippen molar-refractivity contribution >= 4 is 5.84 Å². The van der Waals surface area contributed by atoms with Crippen molar-refractivity contribution in [2.45, 2.75) is 226 Å². The van der Waals surface area contributed by atoms with Crippen molar-refractivity contribution in [1.82, 2.24) is 4.90 Å². The van der Waals surface area contributed by atoms with Crippen LogP contribution in [0, 0.1) is 0 Å². The molecule has 1 atom stereocenters. The maximum Gasteiger partial charge on any atom is 0.128 e. The van der Waals surface area contributed by atoms with Crippen molar-refractivity contribution in [3.05, 3.63) is 0 Å². The lowest BCUT2D eigenvalue weighted by Crippen LogP contribution is -2.38. The molecule has 0 aliphatic carbocycles. The third-order valence-electron chi connectivity index (χ3n) is 9.52. The van der Waals surface area contributed by atoms with Crippen LogP contribution in [0.5, 0.6) is 0 Å². The largest absolute Gasteiger partial charge is 0.359 e. The molecule has 0 amide bonds. The Bertz CT molecular complexity index is 563. The van der Waals surface area contributed by atoms with E-state index in [1.807, 2.05) is 0 Å². The summed E-state index contributed by atoms with van der Waals surface area (Å²) in [7, 11) is 0. The Morgan fingerprint density at radius 2 is 0.833 bits per heavy atom. The summed E-state index contributed by atoms with van der Waals surface area (Å²) in [4.78, 5) is 7.27. The zero-order chi connectivity index (χ0) is 30.2. The normalized spacial score (nSPS) is 14.2. The number of amidine groups is 1. The second kappa shape index (κ2) is 31.8. The monoisotopic (exact) mass is 591 g/mol. The van der Waals surface area contributed by atoms with Crippen LogP contribution in [0.4, 0.5) is 0 Å². The molecule has 3 nitrogen and oxygen atoms in total. The van der Waals surface area contributed by atoms with Crippen LogP contribution < -0.4 is 0 Å². The topological polar surface area (TPSA) is 24.8 Å². The Balaban J connectivity index is 1.86. The molecule has 42 heavy (non-hydrogen) atoms. The Morgan fingerprint density at radius 1 is 0.500 bits per heavy atom. The number of rotatable bonds is 34. The quantitative estimate of drug-likeness (QED) is 0.0696. The molecule has 0 N–H and O–H groups in total. The summed E-state index contributed by atoms with van der Waals surface area (Å²) in [6.07, 6.45) is 43.9. The summed E-state index contributed by atoms with van der Waals surface area (Å²) < 4.78 is 6.24. The summed E-state index contributed by atoms with van der Waals surface area (Å²) >= 11 is 0. The van der Waals surface area contributed by atoms with E-state index in [4.69, 9.17) is 9.73 Å². The van der Waals surface area contributed by atoms with Crippen molar-refractivity contribution < 1.29 is 4.74 Å². The fourth-order valence-corrected chi connectivity index (χ4v) is 6.59. The summed E-state index contributed by atoms with van der Waals surface area (Å²) in [5, 5.41) is 0. The molecule has 1 rings (SSSR count). The van der Waals surface area contributed by atoms with Crippen molar-refractivity contribution in [1.29, 1.82) is 0 Å². The molecule has 250 valence electrons. The van der Waals surface area contributed by atoms with E-state index in [9.17, 15) is 0 Å². The Morgan fingerprint density at radius 3 is 1.21 bits per heavy atom. The van der Waals surface area contributed by atoms with Crippen LogP contribution >= 0.6 is 0 Å². The number of hydrogen-bond donors (Lipinski definition) is 0. The van der Waals surface area contributed by atoms with Crippen LogP contribution in [0.3, 0.4) is 0 Å². The van der Waals surface area contributed by atoms with Crippen molar-refractivity contribution in [2.24, 2.45) is 4.99 Å². The highest BCUT2D eigenvalue weighted by molar-refractivity contribution is 5.83. The van der Waals surface area contributed by atoms with Crippen LogP contribution in [0.15, 0.2) is 4.99 Å². The first-order chi connectivity index (χ1) is 20.8. The Hall–Kier alpha value is -0.570. The van der Waals surface area contributed by atoms with E-state index in [-0.39, 0.29) is 6.23 Å². The summed E-state index contributed by atoms with van der Waals surface area (Å²) in [5.74, 6) is 1.31. The number of nitrogens with zero attached hydrogens (tertiary/aromatic N) is 2. The molecule has 0 aromatic carbocycles. The molecule has 3 heteroatoms. The fourth-order valence-electron chi connectivity index (χ4n) is 6.59. The first kappa shape index (κ1) is 39.5. The zero-order valence-corrected chi connectivity index (χ0v) is 29.4. The van der Waals surface area contributed by atoms with Gasteiger partial charge in [0.15, 0.2) is 0 Å². The summed E-state index contributed by atoms with van der Waals surface area (Å²) in [6, 6.07) is 0. The van der Waals surface area contributed by atoms with E-state index in [0.29, 0.717) is 0 Å². The van der Waals surface area contributed by atoms with Gasteiger partial charge in [0, 0.05) is 19.6 Å². The molecule has 1 aliphatic heterocycles. The van der Waals surface area contributed by atoms with Crippen LogP contribution in [0.25, 0.3) is 0 Å². The lowest BCUT2D eigenvalue weighted by atomic mass is 10.0. The minimum Gasteiger partial charge on any atom is -0.359 e. The van der Waals surface area contributed by atoms with Crippen LogP contribution in [0.2, 0.25) is 0 Å². The average Bonchev–Trinajstić information content (AvgIpc) is 3.47. The minimum absolute atomic E-state index is 0.189. The van der Waals surface area contributed by atoms with Gasteiger partial charge in [-0.05, 0) is 19.8 Å². The first-order valence-corrected chi connectivity index (χ1v) is 19.7. The average molecular weight is 591 g/mol. The van der Waals surface area contributed by atoms with E-state index in [1.165, 1.54) is 198 Å². The predicted molar refractivity (Wildman–Crippen MR) is 189 cm³/mol. The second-order valence-electron chi connectivity index (χ2n) is 13.6. The molecule has 0 saturated carbocycles. The van der Waals surface area contributed by atoms with Gasteiger partial charge in [0.25, 0.3) is 0 Å². The molecular formula is C39H78N2O. The van der Waals surface area contributed by atoms with Crippen molar-refractivity contribution in [3.8, 4) is 0 Å². The van der Waals surface area contributed by atoms with Gasteiger partial charge in [0.05, 0.1) is 6.54 Å². The highest BCUT2D eigenvalue weighted by atomic mass is 16.5. The molecule has 1 aliphatic rings. The lowest BCUT2D eigenvalue weighted by Gasteiger charge is -2.28. The van der Waals surface area contributed by atoms with Gasteiger partial charge in [0.1, 0.15) is 12.1 Å². The van der Waals surface area contributed by atoms with Crippen LogP contribution in [-0.2, 0) is 4.74 Å². The highest BCUT2D eigenvalue weighted by Crippen LogP contribution is 2.18. The lowest BCUT2D eigenvalue weighted by molar-refractivity contribution is -0.0113. The van der Waals surface area contributed by atoms with E-state index in [0.717, 1.165) is 26.1 Å². The van der Waals surface area contributed by atoms with E-state index in [2.05, 4.69) is 25.7 Å². The zero-order valence-electron chi connectivity index (χ0n) is 29.4. The minimum atomic E-state index is 0.189. The van der Waals surface area contributed by atoms with Gasteiger partial charge in [-0.25, -0.2) is 0 Å². The fraction of sp³-hybridized carbons (Fsp3) is 0.974. The van der Waals surface area contributed by atoms with E-state index < -0.39 is 0 Å². The van der Waals surface area contributed by atoms with Crippen molar-refractivity contribution in [3.63, 3.8) is 0 Å². The molecule has 1 heterocycles. The van der Waals surface area contributed by atoms with Gasteiger partial charge < -0.3 is 9.64 Å². The van der Waals surface area contributed by atoms with Gasteiger partial charge in [-0.15, -0.1) is 0 Å². The number of hydrogen-bond acceptors (Lipinski definition) is 3. The standard InChI is InChI=1S/C39H78N2O/c1-4-6-8-10-12-14-16-18-20-21-22-24-26-28-30-32-34-39-40-35-36-41(39)38(3)42-37-33-31-29-27-25-23-19-17-15-13-11-9-7-5-2/h38H,4-37H2,1-3H3. The molecule has 1 unspecified atom stereocenters. The van der Waals surface area contributed by atoms with Gasteiger partial charge >= 0.3 is 0 Å². The summed E-state index contributed by atoms with van der Waals surface area (Å²) in [6.45, 7) is 9.75. The van der Waals surface area contributed by atoms with Crippen LogP contribution in [-0.4, -0.2) is 36.7 Å².